The molecule has 5 heteroatoms. The smallest absolute Gasteiger partial charge is 0.289 e. The number of rotatable bonds is 2. The highest BCUT2D eigenvalue weighted by Crippen LogP contribution is 2.17. The molecule has 0 N–H and O–H groups in total. The van der Waals surface area contributed by atoms with Gasteiger partial charge in [-0.15, -0.1) is 0 Å². The summed E-state index contributed by atoms with van der Waals surface area (Å²) in [6.45, 7) is 0. The molecule has 0 heterocycles. The van der Waals surface area contributed by atoms with Crippen LogP contribution in [0.3, 0.4) is 0 Å². The van der Waals surface area contributed by atoms with Gasteiger partial charge in [-0.25, -0.2) is 0 Å². The van der Waals surface area contributed by atoms with Crippen molar-refractivity contribution in [1.29, 1.82) is 0 Å². The molecule has 1 nitrogen and oxygen atoms in total. The molecular formula is C10H6BrF3O. The van der Waals surface area contributed by atoms with Crippen LogP contribution >= 0.6 is 15.9 Å². The summed E-state index contributed by atoms with van der Waals surface area (Å²) >= 11 is 3.16. The molecule has 0 aromatic heterocycles. The Hall–Kier alpha value is -1.10. The van der Waals surface area contributed by atoms with Gasteiger partial charge in [0.1, 0.15) is 0 Å². The van der Waals surface area contributed by atoms with E-state index in [2.05, 4.69) is 15.9 Å². The van der Waals surface area contributed by atoms with Gasteiger partial charge < -0.3 is 0 Å². The molecule has 0 unspecified atom stereocenters. The number of alkyl halides is 3. The van der Waals surface area contributed by atoms with Gasteiger partial charge in [-0.05, 0) is 30.3 Å². The van der Waals surface area contributed by atoms with Gasteiger partial charge in [0, 0.05) is 16.1 Å². The minimum absolute atomic E-state index is 0.0720. The molecule has 1 rings (SSSR count). The second-order valence-corrected chi connectivity index (χ2v) is 3.66. The van der Waals surface area contributed by atoms with Crippen LogP contribution in [0.2, 0.25) is 0 Å². The van der Waals surface area contributed by atoms with Crippen molar-refractivity contribution >= 4 is 21.7 Å². The second kappa shape index (κ2) is 4.61. The van der Waals surface area contributed by atoms with Crippen LogP contribution in [-0.2, 0) is 0 Å². The van der Waals surface area contributed by atoms with E-state index in [1.807, 2.05) is 0 Å². The predicted molar refractivity (Wildman–Crippen MR) is 53.7 cm³/mol. The van der Waals surface area contributed by atoms with Gasteiger partial charge in [0.15, 0.2) is 5.78 Å². The van der Waals surface area contributed by atoms with Crippen LogP contribution in [0.1, 0.15) is 10.4 Å². The average Bonchev–Trinajstić information content (AvgIpc) is 2.14. The number of allylic oxidation sites excluding steroid dienone is 2. The van der Waals surface area contributed by atoms with Crippen LogP contribution in [0.25, 0.3) is 0 Å². The molecular weight excluding hydrogens is 273 g/mol. The standard InChI is InChI=1S/C10H6BrF3O/c11-8-3-1-7(2-4-8)9(15)5-6-10(12,13)14/h1-6H/b6-5+. The maximum Gasteiger partial charge on any atom is 0.409 e. The third-order valence-electron chi connectivity index (χ3n) is 1.55. The maximum absolute atomic E-state index is 11.7. The SMILES string of the molecule is O=C(/C=C/C(F)(F)F)c1ccc(Br)cc1. The van der Waals surface area contributed by atoms with Gasteiger partial charge in [-0.1, -0.05) is 15.9 Å². The van der Waals surface area contributed by atoms with Crippen molar-refractivity contribution in [1.82, 2.24) is 0 Å². The first-order chi connectivity index (χ1) is 6.88. The normalized spacial score (nSPS) is 12.0. The molecule has 0 fully saturated rings. The topological polar surface area (TPSA) is 17.1 Å². The molecule has 0 bridgehead atoms. The van der Waals surface area contributed by atoms with Crippen molar-refractivity contribution < 1.29 is 18.0 Å². The largest absolute Gasteiger partial charge is 0.409 e. The Morgan fingerprint density at radius 3 is 2.20 bits per heavy atom. The van der Waals surface area contributed by atoms with E-state index in [0.29, 0.717) is 6.08 Å². The number of benzene rings is 1. The summed E-state index contributed by atoms with van der Waals surface area (Å²) in [5.41, 5.74) is 0.221. The molecule has 0 amide bonds. The number of hydrogen-bond donors (Lipinski definition) is 0. The van der Waals surface area contributed by atoms with E-state index in [-0.39, 0.29) is 11.6 Å². The van der Waals surface area contributed by atoms with Gasteiger partial charge in [-0.2, -0.15) is 13.2 Å². The molecule has 80 valence electrons. The van der Waals surface area contributed by atoms with Crippen molar-refractivity contribution in [3.8, 4) is 0 Å². The fourth-order valence-corrected chi connectivity index (χ4v) is 1.14. The van der Waals surface area contributed by atoms with Gasteiger partial charge >= 0.3 is 6.18 Å². The van der Waals surface area contributed by atoms with Crippen molar-refractivity contribution in [3.05, 3.63) is 46.5 Å². The summed E-state index contributed by atoms with van der Waals surface area (Å²) in [5, 5.41) is 0. The molecule has 0 saturated heterocycles. The Morgan fingerprint density at radius 1 is 1.20 bits per heavy atom. The molecule has 0 atom stereocenters. The first-order valence-corrected chi connectivity index (χ1v) is 4.74. The quantitative estimate of drug-likeness (QED) is 0.595. The Morgan fingerprint density at radius 2 is 1.73 bits per heavy atom. The van der Waals surface area contributed by atoms with Gasteiger partial charge in [0.05, 0.1) is 0 Å². The van der Waals surface area contributed by atoms with Gasteiger partial charge in [-0.3, -0.25) is 4.79 Å². The molecule has 1 aromatic carbocycles. The lowest BCUT2D eigenvalue weighted by molar-refractivity contribution is -0.0799. The number of halogens is 4. The Bertz CT molecular complexity index is 379. The first-order valence-electron chi connectivity index (χ1n) is 3.94. The molecule has 15 heavy (non-hydrogen) atoms. The highest BCUT2D eigenvalue weighted by Gasteiger charge is 2.22. The van der Waals surface area contributed by atoms with Gasteiger partial charge in [0.25, 0.3) is 0 Å². The van der Waals surface area contributed by atoms with Crippen LogP contribution in [0, 0.1) is 0 Å². The third-order valence-corrected chi connectivity index (χ3v) is 2.08. The number of carbonyl (C=O) groups excluding carboxylic acids is 1. The zero-order valence-electron chi connectivity index (χ0n) is 7.38. The highest BCUT2D eigenvalue weighted by atomic mass is 79.9. The summed E-state index contributed by atoms with van der Waals surface area (Å²) in [6.07, 6.45) is -4.01. The summed E-state index contributed by atoms with van der Waals surface area (Å²) < 4.78 is 36.0. The first kappa shape index (κ1) is 12.0. The monoisotopic (exact) mass is 278 g/mol. The van der Waals surface area contributed by atoms with E-state index >= 15 is 0 Å². The van der Waals surface area contributed by atoms with Crippen molar-refractivity contribution in [3.63, 3.8) is 0 Å². The zero-order valence-corrected chi connectivity index (χ0v) is 8.97. The molecule has 1 aromatic rings. The van der Waals surface area contributed by atoms with Crippen LogP contribution in [-0.4, -0.2) is 12.0 Å². The van der Waals surface area contributed by atoms with E-state index in [4.69, 9.17) is 0 Å². The van der Waals surface area contributed by atoms with E-state index in [1.54, 1.807) is 12.1 Å². The van der Waals surface area contributed by atoms with E-state index in [1.165, 1.54) is 12.1 Å². The fraction of sp³-hybridized carbons (Fsp3) is 0.100. The maximum atomic E-state index is 11.7. The molecule has 0 spiro atoms. The molecule has 0 saturated carbocycles. The van der Waals surface area contributed by atoms with Crippen LogP contribution in [0.4, 0.5) is 13.2 Å². The zero-order chi connectivity index (χ0) is 11.5. The molecule has 0 radical (unpaired) electrons. The number of ketones is 1. The van der Waals surface area contributed by atoms with Crippen LogP contribution in [0.15, 0.2) is 40.9 Å². The lowest BCUT2D eigenvalue weighted by atomic mass is 10.1. The van der Waals surface area contributed by atoms with Crippen molar-refractivity contribution in [2.75, 3.05) is 0 Å². The van der Waals surface area contributed by atoms with Crippen molar-refractivity contribution in [2.45, 2.75) is 6.18 Å². The minimum atomic E-state index is -4.45. The molecule has 0 aliphatic heterocycles. The third kappa shape index (κ3) is 4.29. The Kier molecular flexibility index (Phi) is 3.68. The van der Waals surface area contributed by atoms with Gasteiger partial charge in [0.2, 0.25) is 0 Å². The summed E-state index contributed by atoms with van der Waals surface area (Å²) in [7, 11) is 0. The van der Waals surface area contributed by atoms with Crippen molar-refractivity contribution in [2.24, 2.45) is 0 Å². The molecule has 0 aliphatic carbocycles. The summed E-state index contributed by atoms with van der Waals surface area (Å²) in [6, 6.07) is 6.09. The fourth-order valence-electron chi connectivity index (χ4n) is 0.881. The second-order valence-electron chi connectivity index (χ2n) is 2.75. The van der Waals surface area contributed by atoms with Crippen LogP contribution in [0.5, 0.6) is 0 Å². The lowest BCUT2D eigenvalue weighted by Gasteiger charge is -1.98. The van der Waals surface area contributed by atoms with E-state index in [9.17, 15) is 18.0 Å². The number of hydrogen-bond acceptors (Lipinski definition) is 1. The summed E-state index contributed by atoms with van der Waals surface area (Å²) in [5.74, 6) is -0.667. The molecule has 0 aliphatic rings. The highest BCUT2D eigenvalue weighted by molar-refractivity contribution is 9.10. The predicted octanol–water partition coefficient (Wildman–Crippen LogP) is 3.75. The summed E-state index contributed by atoms with van der Waals surface area (Å²) in [4.78, 5) is 11.2. The minimum Gasteiger partial charge on any atom is -0.289 e. The average molecular weight is 279 g/mol. The Balaban J connectivity index is 2.78. The van der Waals surface area contributed by atoms with E-state index in [0.717, 1.165) is 4.47 Å². The number of carbonyl (C=O) groups is 1. The Labute approximate surface area is 92.7 Å². The van der Waals surface area contributed by atoms with E-state index < -0.39 is 12.0 Å². The van der Waals surface area contributed by atoms with Crippen LogP contribution < -0.4 is 0 Å². The lowest BCUT2D eigenvalue weighted by Crippen LogP contribution is -2.03.